The van der Waals surface area contributed by atoms with Gasteiger partial charge in [-0.3, -0.25) is 9.59 Å². The Bertz CT molecular complexity index is 2110. The molecule has 1 fully saturated rings. The number of Topliss-reactive ketones (excluding diaryl/α,β-unsaturated/α-hetero) is 1. The molecule has 0 aromatic heterocycles. The van der Waals surface area contributed by atoms with Crippen molar-refractivity contribution in [1.82, 2.24) is 0 Å². The molecular weight excluding hydrogens is 628 g/mol. The average Bonchev–Trinajstić information content (AvgIpc) is 3.65. The molecule has 1 amide bonds. The maximum Gasteiger partial charge on any atom is 0.330 e. The van der Waals surface area contributed by atoms with Gasteiger partial charge in [-0.15, -0.1) is 0 Å². The van der Waals surface area contributed by atoms with Crippen LogP contribution in [-0.4, -0.2) is 44.0 Å². The number of rotatable bonds is 8. The molecule has 0 radical (unpaired) electrons. The zero-order valence-corrected chi connectivity index (χ0v) is 27.5. The zero-order chi connectivity index (χ0) is 34.4. The summed E-state index contributed by atoms with van der Waals surface area (Å²) in [6.45, 7) is 0. The number of benzene rings is 5. The number of carbonyl (C=O) groups excluding carboxylic acids is 3. The Labute approximate surface area is 289 Å². The van der Waals surface area contributed by atoms with Crippen LogP contribution in [0.5, 0.6) is 11.5 Å². The van der Waals surface area contributed by atoms with Crippen LogP contribution in [0.4, 0.5) is 11.4 Å². The highest BCUT2D eigenvalue weighted by Crippen LogP contribution is 2.58. The van der Waals surface area contributed by atoms with Crippen LogP contribution in [0.15, 0.2) is 133 Å². The van der Waals surface area contributed by atoms with Crippen LogP contribution in [0.2, 0.25) is 0 Å². The minimum Gasteiger partial charge on any atom is -0.493 e. The summed E-state index contributed by atoms with van der Waals surface area (Å²) < 4.78 is 17.6. The Morgan fingerprint density at radius 2 is 1.40 bits per heavy atom. The third-order valence-electron chi connectivity index (χ3n) is 10.2. The van der Waals surface area contributed by atoms with Crippen LogP contribution in [-0.2, 0) is 19.7 Å². The van der Waals surface area contributed by atoms with Gasteiger partial charge in [-0.25, -0.2) is 4.79 Å². The predicted octanol–water partition coefficient (Wildman–Crippen LogP) is 7.01. The van der Waals surface area contributed by atoms with Gasteiger partial charge in [0.2, 0.25) is 5.91 Å². The minimum atomic E-state index is -1.48. The molecule has 5 aromatic rings. The van der Waals surface area contributed by atoms with Gasteiger partial charge in [-0.1, -0.05) is 109 Å². The van der Waals surface area contributed by atoms with Crippen molar-refractivity contribution in [3.8, 4) is 11.5 Å². The number of methoxy groups -OCH3 is 2. The van der Waals surface area contributed by atoms with E-state index in [-0.39, 0.29) is 11.5 Å². The van der Waals surface area contributed by atoms with Crippen LogP contribution >= 0.6 is 0 Å². The van der Waals surface area contributed by atoms with Gasteiger partial charge in [-0.05, 0) is 52.6 Å². The largest absolute Gasteiger partial charge is 0.493 e. The second-order valence-corrected chi connectivity index (χ2v) is 12.6. The van der Waals surface area contributed by atoms with Crippen molar-refractivity contribution in [3.63, 3.8) is 0 Å². The first-order chi connectivity index (χ1) is 24.5. The summed E-state index contributed by atoms with van der Waals surface area (Å²) in [5.74, 6) is -1.76. The highest BCUT2D eigenvalue weighted by atomic mass is 16.5. The predicted molar refractivity (Wildman–Crippen MR) is 190 cm³/mol. The van der Waals surface area contributed by atoms with Gasteiger partial charge in [-0.2, -0.15) is 0 Å². The molecule has 3 aliphatic rings. The third-order valence-corrected chi connectivity index (χ3v) is 10.2. The molecule has 50 heavy (non-hydrogen) atoms. The van der Waals surface area contributed by atoms with Gasteiger partial charge in [0.15, 0.2) is 23.4 Å². The van der Waals surface area contributed by atoms with E-state index in [4.69, 9.17) is 14.2 Å². The number of hydrogen-bond donors (Lipinski definition) is 1. The summed E-state index contributed by atoms with van der Waals surface area (Å²) in [6, 6.07) is 37.2. The second-order valence-electron chi connectivity index (χ2n) is 12.6. The highest BCUT2D eigenvalue weighted by molar-refractivity contribution is 6.16. The first-order valence-electron chi connectivity index (χ1n) is 16.5. The van der Waals surface area contributed by atoms with Crippen LogP contribution in [0, 0.1) is 5.92 Å². The number of ketones is 1. The molecule has 0 unspecified atom stereocenters. The first-order valence-corrected chi connectivity index (χ1v) is 16.5. The van der Waals surface area contributed by atoms with E-state index in [2.05, 4.69) is 5.32 Å². The van der Waals surface area contributed by atoms with E-state index >= 15 is 9.59 Å². The van der Waals surface area contributed by atoms with Gasteiger partial charge >= 0.3 is 5.97 Å². The number of nitrogens with zero attached hydrogens (tertiary/aromatic N) is 1. The third kappa shape index (κ3) is 4.70. The van der Waals surface area contributed by atoms with Crippen molar-refractivity contribution in [1.29, 1.82) is 0 Å². The molecule has 8 heteroatoms. The molecule has 8 rings (SSSR count). The number of nitrogens with one attached hydrogen (secondary N) is 1. The topological polar surface area (TPSA) is 94.2 Å². The number of amides is 1. The lowest BCUT2D eigenvalue weighted by Crippen LogP contribution is -2.51. The molecule has 4 atom stereocenters. The van der Waals surface area contributed by atoms with Gasteiger partial charge in [0.25, 0.3) is 0 Å². The molecule has 0 aliphatic carbocycles. The molecular formula is C42H34N2O6. The smallest absolute Gasteiger partial charge is 0.330 e. The fraction of sp³-hybridized carbons (Fsp3) is 0.167. The fourth-order valence-corrected chi connectivity index (χ4v) is 8.03. The Morgan fingerprint density at radius 3 is 2.10 bits per heavy atom. The summed E-state index contributed by atoms with van der Waals surface area (Å²) in [5.41, 5.74) is 3.22. The molecule has 1 N–H and O–H groups in total. The van der Waals surface area contributed by atoms with Crippen LogP contribution in [0.25, 0.3) is 6.08 Å². The SMILES string of the molecule is COc1ccc(C(=O)[C@@H]2[C@H](C(=O)OC(c3ccccc3)c3ccccc3)N3c4ccccc4C=C[C@@H]3[C@@]23C(=O)Nc2ccccc23)cc1OC. The number of esters is 1. The molecule has 0 bridgehead atoms. The van der Waals surface area contributed by atoms with Crippen molar-refractivity contribution in [2.45, 2.75) is 23.6 Å². The van der Waals surface area contributed by atoms with Crippen LogP contribution in [0.3, 0.4) is 0 Å². The van der Waals surface area contributed by atoms with Crippen LogP contribution < -0.4 is 19.7 Å². The van der Waals surface area contributed by atoms with Crippen molar-refractivity contribution < 1.29 is 28.6 Å². The van der Waals surface area contributed by atoms with Gasteiger partial charge in [0.05, 0.1) is 26.2 Å². The van der Waals surface area contributed by atoms with Crippen molar-refractivity contribution >= 4 is 35.1 Å². The first kappa shape index (κ1) is 31.1. The Hall–Kier alpha value is -6.15. The molecule has 248 valence electrons. The number of ether oxygens (including phenoxy) is 3. The molecule has 3 heterocycles. The zero-order valence-electron chi connectivity index (χ0n) is 27.5. The Kier molecular flexibility index (Phi) is 7.71. The van der Waals surface area contributed by atoms with E-state index in [1.54, 1.807) is 18.2 Å². The lowest BCUT2D eigenvalue weighted by Gasteiger charge is -2.37. The maximum absolute atomic E-state index is 15.3. The number of hydrogen-bond acceptors (Lipinski definition) is 7. The summed E-state index contributed by atoms with van der Waals surface area (Å²) in [7, 11) is 3.02. The molecule has 8 nitrogen and oxygen atoms in total. The van der Waals surface area contributed by atoms with Crippen molar-refractivity contribution in [3.05, 3.63) is 161 Å². The van der Waals surface area contributed by atoms with Gasteiger partial charge in [0.1, 0.15) is 11.5 Å². The average molecular weight is 663 g/mol. The minimum absolute atomic E-state index is 0.279. The molecule has 1 spiro atoms. The Balaban J connectivity index is 1.36. The van der Waals surface area contributed by atoms with E-state index < -0.39 is 41.3 Å². The van der Waals surface area contributed by atoms with Gasteiger partial charge < -0.3 is 24.4 Å². The monoisotopic (exact) mass is 662 g/mol. The molecule has 0 saturated carbocycles. The molecule has 1 saturated heterocycles. The van der Waals surface area contributed by atoms with Crippen molar-refractivity contribution in [2.24, 2.45) is 5.92 Å². The summed E-state index contributed by atoms with van der Waals surface area (Å²) in [6.07, 6.45) is 3.14. The number of fused-ring (bicyclic) bond motifs is 6. The van der Waals surface area contributed by atoms with Crippen LogP contribution in [0.1, 0.15) is 38.7 Å². The number of carbonyl (C=O) groups is 3. The summed E-state index contributed by atoms with van der Waals surface area (Å²) in [5, 5.41) is 3.07. The quantitative estimate of drug-likeness (QED) is 0.141. The highest BCUT2D eigenvalue weighted by Gasteiger charge is 2.71. The molecule has 3 aliphatic heterocycles. The number of anilines is 2. The summed E-state index contributed by atoms with van der Waals surface area (Å²) in [4.78, 5) is 47.1. The standard InChI is InChI=1S/C42H34N2O6/c1-48-33-23-21-29(25-34(33)49-2)38(45)36-37(40(46)50-39(27-14-5-3-6-15-27)28-16-7-4-8-17-28)44-32-20-12-9-13-26(32)22-24-35(44)42(36)30-18-10-11-19-31(30)43-41(42)47/h3-25,35-37,39H,1-2H3,(H,43,47)/t35-,36+,37-,42-/m1/s1. The van der Waals surface area contributed by atoms with Gasteiger partial charge in [0, 0.05) is 16.9 Å². The van der Waals surface area contributed by atoms with E-state index in [0.29, 0.717) is 22.7 Å². The summed E-state index contributed by atoms with van der Waals surface area (Å²) >= 11 is 0. The van der Waals surface area contributed by atoms with E-state index in [1.165, 1.54) is 14.2 Å². The maximum atomic E-state index is 15.3. The number of para-hydroxylation sites is 2. The second kappa shape index (κ2) is 12.4. The fourth-order valence-electron chi connectivity index (χ4n) is 8.03. The lowest BCUT2D eigenvalue weighted by atomic mass is 9.64. The van der Waals surface area contributed by atoms with E-state index in [9.17, 15) is 4.79 Å². The van der Waals surface area contributed by atoms with Crippen molar-refractivity contribution in [2.75, 3.05) is 24.4 Å². The normalized spacial score (nSPS) is 21.3. The van der Waals surface area contributed by atoms with E-state index in [1.807, 2.05) is 126 Å². The molecule has 5 aromatic carbocycles. The Morgan fingerprint density at radius 1 is 0.760 bits per heavy atom. The van der Waals surface area contributed by atoms with E-state index in [0.717, 1.165) is 22.4 Å². The lowest BCUT2D eigenvalue weighted by molar-refractivity contribution is -0.150.